The van der Waals surface area contributed by atoms with E-state index in [2.05, 4.69) is 4.98 Å². The normalized spacial score (nSPS) is 11.7. The molecule has 0 aliphatic rings. The van der Waals surface area contributed by atoms with Gasteiger partial charge in [0.1, 0.15) is 22.4 Å². The van der Waals surface area contributed by atoms with Gasteiger partial charge in [0.2, 0.25) is 0 Å². The number of allylic oxidation sites excluding steroid dienone is 1. The van der Waals surface area contributed by atoms with E-state index < -0.39 is 4.92 Å². The predicted octanol–water partition coefficient (Wildman–Crippen LogP) is 7.08. The first kappa shape index (κ1) is 21.1. The Morgan fingerprint density at radius 1 is 1.00 bits per heavy atom. The molecule has 5 aromatic rings. The lowest BCUT2D eigenvalue weighted by atomic mass is 10.1. The number of rotatable bonds is 5. The highest BCUT2D eigenvalue weighted by atomic mass is 32.1. The van der Waals surface area contributed by atoms with Crippen LogP contribution >= 0.6 is 11.3 Å². The molecule has 0 spiro atoms. The van der Waals surface area contributed by atoms with E-state index in [-0.39, 0.29) is 22.8 Å². The number of nitro benzene ring substituents is 1. The first-order valence-corrected chi connectivity index (χ1v) is 11.0. The summed E-state index contributed by atoms with van der Waals surface area (Å²) < 4.78 is 5.72. The van der Waals surface area contributed by atoms with E-state index in [0.29, 0.717) is 22.0 Å². The van der Waals surface area contributed by atoms with Crippen LogP contribution in [-0.2, 0) is 0 Å². The first-order valence-electron chi connectivity index (χ1n) is 10.2. The van der Waals surface area contributed by atoms with Crippen LogP contribution in [0.1, 0.15) is 10.8 Å². The lowest BCUT2D eigenvalue weighted by Gasteiger charge is -2.01. The first-order chi connectivity index (χ1) is 16.5. The number of hydrogen-bond donors (Lipinski definition) is 1. The molecule has 8 heteroatoms. The summed E-state index contributed by atoms with van der Waals surface area (Å²) in [6, 6.07) is 25.1. The number of benzene rings is 3. The van der Waals surface area contributed by atoms with Gasteiger partial charge in [0.15, 0.2) is 11.5 Å². The largest absolute Gasteiger partial charge is 0.503 e. The molecule has 0 atom stereocenters. The molecule has 0 aliphatic heterocycles. The van der Waals surface area contributed by atoms with Crippen molar-refractivity contribution in [2.75, 3.05) is 0 Å². The number of hydrogen-bond acceptors (Lipinski definition) is 7. The Labute approximate surface area is 197 Å². The minimum Gasteiger partial charge on any atom is -0.503 e. The van der Waals surface area contributed by atoms with Crippen molar-refractivity contribution in [3.63, 3.8) is 0 Å². The van der Waals surface area contributed by atoms with Gasteiger partial charge < -0.3 is 9.52 Å². The molecule has 3 aromatic carbocycles. The zero-order chi connectivity index (χ0) is 23.7. The average Bonchev–Trinajstić information content (AvgIpc) is 3.55. The van der Waals surface area contributed by atoms with E-state index in [1.165, 1.54) is 23.5 Å². The Morgan fingerprint density at radius 3 is 2.47 bits per heavy atom. The molecule has 1 N–H and O–H groups in total. The molecule has 2 aromatic heterocycles. The summed E-state index contributed by atoms with van der Waals surface area (Å²) in [7, 11) is 0. The van der Waals surface area contributed by atoms with Gasteiger partial charge in [-0.05, 0) is 41.1 Å². The number of thiazole rings is 1. The number of aliphatic hydroxyl groups excluding tert-OH is 1. The third kappa shape index (κ3) is 3.92. The number of aliphatic hydroxyl groups is 1. The Morgan fingerprint density at radius 2 is 1.74 bits per heavy atom. The Hall–Kier alpha value is -4.74. The molecule has 2 heterocycles. The maximum Gasteiger partial charge on any atom is 0.269 e. The summed E-state index contributed by atoms with van der Waals surface area (Å²) >= 11 is 1.26. The summed E-state index contributed by atoms with van der Waals surface area (Å²) in [6.07, 6.45) is 0. The van der Waals surface area contributed by atoms with E-state index in [1.54, 1.807) is 24.3 Å². The Balaban J connectivity index is 1.46. The van der Waals surface area contributed by atoms with Crippen LogP contribution in [0.3, 0.4) is 0 Å². The minimum atomic E-state index is -0.481. The topological polar surface area (TPSA) is 113 Å². The van der Waals surface area contributed by atoms with E-state index in [0.717, 1.165) is 16.3 Å². The van der Waals surface area contributed by atoms with Gasteiger partial charge in [-0.3, -0.25) is 10.1 Å². The van der Waals surface area contributed by atoms with Crippen molar-refractivity contribution >= 4 is 39.1 Å². The molecular weight excluding hydrogens is 450 g/mol. The van der Waals surface area contributed by atoms with E-state index >= 15 is 0 Å². The maximum absolute atomic E-state index is 10.8. The van der Waals surface area contributed by atoms with Crippen LogP contribution in [0.25, 0.3) is 44.7 Å². The van der Waals surface area contributed by atoms with Crippen LogP contribution < -0.4 is 0 Å². The Bertz CT molecular complexity index is 1610. The van der Waals surface area contributed by atoms with Crippen LogP contribution in [0.2, 0.25) is 0 Å². The van der Waals surface area contributed by atoms with Crippen molar-refractivity contribution in [3.05, 3.63) is 105 Å². The molecule has 0 saturated heterocycles. The van der Waals surface area contributed by atoms with Crippen LogP contribution in [0, 0.1) is 21.4 Å². The number of nitro groups is 1. The second kappa shape index (κ2) is 8.65. The summed E-state index contributed by atoms with van der Waals surface area (Å²) in [6.45, 7) is 0. The maximum atomic E-state index is 10.8. The molecule has 164 valence electrons. The zero-order valence-corrected chi connectivity index (χ0v) is 18.3. The third-order valence-electron chi connectivity index (χ3n) is 5.31. The van der Waals surface area contributed by atoms with E-state index in [1.807, 2.05) is 53.9 Å². The highest BCUT2D eigenvalue weighted by molar-refractivity contribution is 7.11. The molecule has 0 fully saturated rings. The minimum absolute atomic E-state index is 0.00152. The number of fused-ring (bicyclic) bond motifs is 1. The quantitative estimate of drug-likeness (QED) is 0.128. The fraction of sp³-hybridized carbons (Fsp3) is 0. The monoisotopic (exact) mass is 465 g/mol. The van der Waals surface area contributed by atoms with Crippen molar-refractivity contribution in [2.45, 2.75) is 0 Å². The zero-order valence-electron chi connectivity index (χ0n) is 17.5. The smallest absolute Gasteiger partial charge is 0.269 e. The van der Waals surface area contributed by atoms with E-state index in [4.69, 9.17) is 4.42 Å². The van der Waals surface area contributed by atoms with Crippen molar-refractivity contribution < 1.29 is 14.4 Å². The lowest BCUT2D eigenvalue weighted by Crippen LogP contribution is -1.89. The molecule has 0 aliphatic carbocycles. The molecule has 0 unspecified atom stereocenters. The molecule has 5 rings (SSSR count). The van der Waals surface area contributed by atoms with Gasteiger partial charge in [0.25, 0.3) is 5.69 Å². The highest BCUT2D eigenvalue weighted by Gasteiger charge is 2.18. The number of furan rings is 1. The summed E-state index contributed by atoms with van der Waals surface area (Å²) in [5.41, 5.74) is 2.20. The fourth-order valence-electron chi connectivity index (χ4n) is 3.56. The van der Waals surface area contributed by atoms with Crippen LogP contribution in [-0.4, -0.2) is 15.0 Å². The Kier molecular flexibility index (Phi) is 5.38. The van der Waals surface area contributed by atoms with Gasteiger partial charge in [-0.2, -0.15) is 5.26 Å². The van der Waals surface area contributed by atoms with Crippen molar-refractivity contribution in [2.24, 2.45) is 0 Å². The fourth-order valence-corrected chi connectivity index (χ4v) is 4.39. The van der Waals surface area contributed by atoms with Crippen molar-refractivity contribution in [3.8, 4) is 28.7 Å². The lowest BCUT2D eigenvalue weighted by molar-refractivity contribution is -0.384. The number of nitriles is 1. The third-order valence-corrected chi connectivity index (χ3v) is 6.17. The van der Waals surface area contributed by atoms with Gasteiger partial charge in [0, 0.05) is 28.6 Å². The molecule has 0 radical (unpaired) electrons. The summed E-state index contributed by atoms with van der Waals surface area (Å²) in [5.74, 6) is 0.187. The highest BCUT2D eigenvalue weighted by Crippen LogP contribution is 2.33. The second-order valence-electron chi connectivity index (χ2n) is 7.40. The predicted molar refractivity (Wildman–Crippen MR) is 131 cm³/mol. The molecule has 0 bridgehead atoms. The van der Waals surface area contributed by atoms with E-state index in [9.17, 15) is 20.5 Å². The van der Waals surface area contributed by atoms with Gasteiger partial charge in [0.05, 0.1) is 10.6 Å². The molecule has 34 heavy (non-hydrogen) atoms. The molecule has 7 nitrogen and oxygen atoms in total. The molecular formula is C26H15N3O4S. The van der Waals surface area contributed by atoms with Crippen LogP contribution in [0.5, 0.6) is 0 Å². The molecule has 0 amide bonds. The molecule has 0 saturated carbocycles. The summed E-state index contributed by atoms with van der Waals surface area (Å²) in [5, 5.41) is 35.8. The SMILES string of the molecule is N#CC(=C(O)c1ccc(-c2ccc([N+](=O)[O-])cc2)o1)c1nc(-c2ccc3ccccc3c2)cs1. The van der Waals surface area contributed by atoms with Crippen molar-refractivity contribution in [1.82, 2.24) is 4.98 Å². The second-order valence-corrected chi connectivity index (χ2v) is 8.26. The van der Waals surface area contributed by atoms with Gasteiger partial charge in [-0.1, -0.05) is 36.4 Å². The summed E-state index contributed by atoms with van der Waals surface area (Å²) in [4.78, 5) is 14.9. The number of non-ortho nitro benzene ring substituents is 1. The van der Waals surface area contributed by atoms with Gasteiger partial charge in [-0.25, -0.2) is 4.98 Å². The van der Waals surface area contributed by atoms with Gasteiger partial charge in [-0.15, -0.1) is 11.3 Å². The average molecular weight is 465 g/mol. The number of nitrogens with zero attached hydrogens (tertiary/aromatic N) is 3. The van der Waals surface area contributed by atoms with Gasteiger partial charge >= 0.3 is 0 Å². The van der Waals surface area contributed by atoms with Crippen LogP contribution in [0.15, 0.2) is 88.7 Å². The standard InChI is InChI=1S/C26H15N3O4S/c27-14-21(25(30)24-12-11-23(33-24)17-7-9-20(10-8-17)29(31)32)26-28-22(15-34-26)19-6-5-16-3-1-2-4-18(16)13-19/h1-13,15,30H. The van der Waals surface area contributed by atoms with Crippen molar-refractivity contribution in [1.29, 1.82) is 5.26 Å². The van der Waals surface area contributed by atoms with Crippen LogP contribution in [0.4, 0.5) is 5.69 Å². The number of aromatic nitrogens is 1.